The molecule has 0 aliphatic rings. The van der Waals surface area contributed by atoms with E-state index >= 15 is 0 Å². The summed E-state index contributed by atoms with van der Waals surface area (Å²) in [6.45, 7) is 0. The van der Waals surface area contributed by atoms with Crippen LogP contribution in [0.5, 0.6) is 5.88 Å². The highest BCUT2D eigenvalue weighted by atomic mass is 79.9. The average molecular weight is 344 g/mol. The fraction of sp³-hybridized carbons (Fsp3) is 0.400. The number of ether oxygens (including phenoxy) is 2. The number of hydrogen-bond acceptors (Lipinski definition) is 4. The van der Waals surface area contributed by atoms with Crippen molar-refractivity contribution in [1.29, 1.82) is 0 Å². The van der Waals surface area contributed by atoms with Crippen molar-refractivity contribution in [2.75, 3.05) is 7.11 Å². The number of halogens is 4. The number of methoxy groups -OCH3 is 1. The molecule has 0 saturated heterocycles. The Bertz CT molecular complexity index is 526. The van der Waals surface area contributed by atoms with Crippen LogP contribution in [0.25, 0.3) is 0 Å². The normalized spacial score (nSPS) is 11.2. The average Bonchev–Trinajstić information content (AvgIpc) is 2.31. The van der Waals surface area contributed by atoms with Gasteiger partial charge in [0.2, 0.25) is 5.88 Å². The van der Waals surface area contributed by atoms with Crippen molar-refractivity contribution in [3.05, 3.63) is 27.5 Å². The molecule has 1 heterocycles. The molecule has 1 aromatic heterocycles. The van der Waals surface area contributed by atoms with Gasteiger partial charge >= 0.3 is 12.3 Å². The monoisotopic (exact) mass is 343 g/mol. The zero-order valence-electron chi connectivity index (χ0n) is 9.64. The number of esters is 1. The summed E-state index contributed by atoms with van der Waals surface area (Å²) in [7, 11) is 1.14. The molecule has 0 unspecified atom stereocenters. The Balaban J connectivity index is 3.16. The summed E-state index contributed by atoms with van der Waals surface area (Å²) >= 11 is 2.90. The number of carbonyl (C=O) groups excluding carboxylic acids is 1. The molecule has 1 aromatic rings. The van der Waals surface area contributed by atoms with Crippen LogP contribution < -0.4 is 10.2 Å². The van der Waals surface area contributed by atoms with Gasteiger partial charge in [-0.15, -0.1) is 13.2 Å². The van der Waals surface area contributed by atoms with Gasteiger partial charge in [-0.1, -0.05) is 15.9 Å². The molecule has 106 valence electrons. The van der Waals surface area contributed by atoms with Crippen LogP contribution in [-0.4, -0.2) is 24.4 Å². The lowest BCUT2D eigenvalue weighted by Crippen LogP contribution is -2.24. The van der Waals surface area contributed by atoms with Crippen molar-refractivity contribution < 1.29 is 27.4 Å². The van der Waals surface area contributed by atoms with Gasteiger partial charge in [0.05, 0.1) is 19.1 Å². The molecule has 0 saturated carbocycles. The van der Waals surface area contributed by atoms with Gasteiger partial charge in [-0.3, -0.25) is 9.59 Å². The van der Waals surface area contributed by atoms with Gasteiger partial charge < -0.3 is 14.5 Å². The number of rotatable bonds is 4. The molecule has 0 atom stereocenters. The molecule has 1 rings (SSSR count). The van der Waals surface area contributed by atoms with Crippen molar-refractivity contribution >= 4 is 21.9 Å². The number of pyridine rings is 1. The first-order valence-corrected chi connectivity index (χ1v) is 6.02. The van der Waals surface area contributed by atoms with Crippen LogP contribution in [0, 0.1) is 0 Å². The maximum Gasteiger partial charge on any atom is 0.574 e. The molecular formula is C10H9BrF3NO4. The second-order valence-corrected chi connectivity index (χ2v) is 3.95. The molecule has 9 heteroatoms. The van der Waals surface area contributed by atoms with Crippen molar-refractivity contribution in [3.63, 3.8) is 0 Å². The van der Waals surface area contributed by atoms with E-state index in [0.717, 1.165) is 13.3 Å². The van der Waals surface area contributed by atoms with Crippen molar-refractivity contribution in [3.8, 4) is 5.88 Å². The van der Waals surface area contributed by atoms with Gasteiger partial charge in [-0.2, -0.15) is 0 Å². The standard InChI is InChI=1S/C10H9BrF3NO4/c1-18-7(16)2-5-4-15-9(19-10(12,13)14)6(3-11)8(5)17/h4H,2-3H2,1H3,(H,15,17). The molecule has 0 bridgehead atoms. The van der Waals surface area contributed by atoms with E-state index in [0.29, 0.717) is 0 Å². The summed E-state index contributed by atoms with van der Waals surface area (Å²) < 4.78 is 44.4. The van der Waals surface area contributed by atoms with Gasteiger partial charge in [-0.05, 0) is 0 Å². The molecule has 19 heavy (non-hydrogen) atoms. The molecule has 0 aromatic carbocycles. The summed E-state index contributed by atoms with van der Waals surface area (Å²) in [5.74, 6) is -1.38. The summed E-state index contributed by atoms with van der Waals surface area (Å²) in [5, 5.41) is -0.150. The predicted octanol–water partition coefficient (Wildman–Crippen LogP) is 1.88. The molecule has 0 amide bonds. The molecule has 0 aliphatic heterocycles. The van der Waals surface area contributed by atoms with E-state index in [9.17, 15) is 22.8 Å². The van der Waals surface area contributed by atoms with Crippen LogP contribution in [0.2, 0.25) is 0 Å². The Labute approximate surface area is 113 Å². The molecule has 0 fully saturated rings. The molecule has 1 N–H and O–H groups in total. The van der Waals surface area contributed by atoms with Gasteiger partial charge in [0.25, 0.3) is 0 Å². The first-order valence-electron chi connectivity index (χ1n) is 4.90. The summed E-state index contributed by atoms with van der Waals surface area (Å²) in [6.07, 6.45) is -4.26. The van der Waals surface area contributed by atoms with Crippen LogP contribution in [0.3, 0.4) is 0 Å². The van der Waals surface area contributed by atoms with Gasteiger partial charge in [0, 0.05) is 17.1 Å². The summed E-state index contributed by atoms with van der Waals surface area (Å²) in [4.78, 5) is 25.1. The number of carbonyl (C=O) groups is 1. The minimum Gasteiger partial charge on any atom is -0.469 e. The number of nitrogens with one attached hydrogen (secondary N) is 1. The second kappa shape index (κ2) is 6.09. The fourth-order valence-corrected chi connectivity index (χ4v) is 1.80. The number of H-pyrrole nitrogens is 1. The number of hydrogen-bond donors (Lipinski definition) is 1. The zero-order valence-corrected chi connectivity index (χ0v) is 11.2. The number of alkyl halides is 4. The lowest BCUT2D eigenvalue weighted by Gasteiger charge is -2.12. The Kier molecular flexibility index (Phi) is 4.98. The minimum atomic E-state index is -4.91. The molecule has 0 radical (unpaired) electrons. The first-order chi connectivity index (χ1) is 8.78. The minimum absolute atomic E-state index is 0.00387. The quantitative estimate of drug-likeness (QED) is 0.669. The van der Waals surface area contributed by atoms with Crippen molar-refractivity contribution in [2.24, 2.45) is 0 Å². The fourth-order valence-electron chi connectivity index (χ4n) is 1.29. The highest BCUT2D eigenvalue weighted by molar-refractivity contribution is 9.08. The number of aromatic amines is 1. The Morgan fingerprint density at radius 2 is 2.11 bits per heavy atom. The molecule has 5 nitrogen and oxygen atoms in total. The van der Waals surface area contributed by atoms with Crippen LogP contribution in [-0.2, 0) is 21.3 Å². The highest BCUT2D eigenvalue weighted by Gasteiger charge is 2.33. The lowest BCUT2D eigenvalue weighted by molar-refractivity contribution is -0.276. The van der Waals surface area contributed by atoms with E-state index < -0.39 is 23.6 Å². The predicted molar refractivity (Wildman–Crippen MR) is 62.1 cm³/mol. The maximum atomic E-state index is 12.1. The van der Waals surface area contributed by atoms with E-state index in [1.807, 2.05) is 0 Å². The SMILES string of the molecule is COC(=O)Cc1c[nH]c(OC(F)(F)F)c(CBr)c1=O. The smallest absolute Gasteiger partial charge is 0.469 e. The summed E-state index contributed by atoms with van der Waals surface area (Å²) in [5.41, 5.74) is -0.963. The Morgan fingerprint density at radius 1 is 1.47 bits per heavy atom. The molecular weight excluding hydrogens is 335 g/mol. The van der Waals surface area contributed by atoms with Crippen LogP contribution >= 0.6 is 15.9 Å². The third-order valence-corrected chi connectivity index (χ3v) is 2.69. The van der Waals surface area contributed by atoms with E-state index in [2.05, 4.69) is 30.4 Å². The largest absolute Gasteiger partial charge is 0.574 e. The van der Waals surface area contributed by atoms with E-state index in [1.54, 1.807) is 0 Å². The van der Waals surface area contributed by atoms with Gasteiger partial charge in [-0.25, -0.2) is 0 Å². The zero-order chi connectivity index (χ0) is 14.6. The third kappa shape index (κ3) is 4.27. The topological polar surface area (TPSA) is 68.4 Å². The van der Waals surface area contributed by atoms with E-state index in [-0.39, 0.29) is 22.9 Å². The van der Waals surface area contributed by atoms with E-state index in [4.69, 9.17) is 0 Å². The Hall–Kier alpha value is -1.51. The summed E-state index contributed by atoms with van der Waals surface area (Å²) in [6, 6.07) is 0. The first kappa shape index (κ1) is 15.5. The molecule has 0 aliphatic carbocycles. The van der Waals surface area contributed by atoms with Gasteiger partial charge in [0.15, 0.2) is 5.43 Å². The molecule has 0 spiro atoms. The van der Waals surface area contributed by atoms with Crippen LogP contribution in [0.4, 0.5) is 13.2 Å². The van der Waals surface area contributed by atoms with Gasteiger partial charge in [0.1, 0.15) is 0 Å². The maximum absolute atomic E-state index is 12.1. The van der Waals surface area contributed by atoms with Crippen LogP contribution in [0.1, 0.15) is 11.1 Å². The van der Waals surface area contributed by atoms with Crippen molar-refractivity contribution in [1.82, 2.24) is 4.98 Å². The Morgan fingerprint density at radius 3 is 2.58 bits per heavy atom. The van der Waals surface area contributed by atoms with E-state index in [1.165, 1.54) is 0 Å². The third-order valence-electron chi connectivity index (χ3n) is 2.13. The lowest BCUT2D eigenvalue weighted by atomic mass is 10.1. The highest BCUT2D eigenvalue weighted by Crippen LogP contribution is 2.24. The number of aromatic nitrogens is 1. The van der Waals surface area contributed by atoms with Crippen LogP contribution in [0.15, 0.2) is 11.0 Å². The van der Waals surface area contributed by atoms with Crippen molar-refractivity contribution in [2.45, 2.75) is 18.1 Å². The second-order valence-electron chi connectivity index (χ2n) is 3.39.